The largest absolute Gasteiger partial charge is 0.480 e. The van der Waals surface area contributed by atoms with Gasteiger partial charge in [-0.1, -0.05) is 38.5 Å². The van der Waals surface area contributed by atoms with Gasteiger partial charge >= 0.3 is 5.97 Å². The predicted molar refractivity (Wildman–Crippen MR) is 76.2 cm³/mol. The zero-order valence-corrected chi connectivity index (χ0v) is 11.1. The number of carboxylic acid groups (broad SMARTS) is 1. The van der Waals surface area contributed by atoms with Crippen molar-refractivity contribution >= 4 is 22.6 Å². The molecule has 2 N–H and O–H groups in total. The van der Waals surface area contributed by atoms with Gasteiger partial charge in [-0.3, -0.25) is 4.98 Å². The smallest absolute Gasteiger partial charge is 0.326 e. The van der Waals surface area contributed by atoms with E-state index in [2.05, 4.69) is 10.3 Å². The summed E-state index contributed by atoms with van der Waals surface area (Å²) in [4.78, 5) is 15.6. The Kier molecular flexibility index (Phi) is 4.00. The maximum absolute atomic E-state index is 11.3. The number of aliphatic carboxylic acids is 1. The van der Waals surface area contributed by atoms with Crippen molar-refractivity contribution < 1.29 is 9.90 Å². The molecule has 0 saturated heterocycles. The second kappa shape index (κ2) is 5.69. The van der Waals surface area contributed by atoms with Crippen molar-refractivity contribution in [1.29, 1.82) is 0 Å². The van der Waals surface area contributed by atoms with Crippen molar-refractivity contribution in [1.82, 2.24) is 4.98 Å². The number of nitrogens with zero attached hydrogens (tertiary/aromatic N) is 1. The molecule has 4 nitrogen and oxygen atoms in total. The molecule has 2 aromatic rings. The van der Waals surface area contributed by atoms with Crippen LogP contribution in [-0.4, -0.2) is 22.1 Å². The van der Waals surface area contributed by atoms with Crippen molar-refractivity contribution in [2.45, 2.75) is 26.3 Å². The first-order valence-corrected chi connectivity index (χ1v) is 6.46. The van der Waals surface area contributed by atoms with E-state index < -0.39 is 12.0 Å². The summed E-state index contributed by atoms with van der Waals surface area (Å²) in [6.45, 7) is 3.92. The molecular weight excluding hydrogens is 240 g/mol. The van der Waals surface area contributed by atoms with Crippen molar-refractivity contribution in [3.63, 3.8) is 0 Å². The van der Waals surface area contributed by atoms with E-state index in [9.17, 15) is 9.90 Å². The second-order valence-corrected chi connectivity index (χ2v) is 4.76. The number of aromatic nitrogens is 1. The van der Waals surface area contributed by atoms with E-state index in [1.54, 1.807) is 6.20 Å². The van der Waals surface area contributed by atoms with E-state index in [-0.39, 0.29) is 5.92 Å². The van der Waals surface area contributed by atoms with Crippen LogP contribution in [0.2, 0.25) is 0 Å². The monoisotopic (exact) mass is 258 g/mol. The number of nitrogens with one attached hydrogen (secondary N) is 1. The average Bonchev–Trinajstić information content (AvgIpc) is 2.43. The minimum absolute atomic E-state index is 0.0592. The highest BCUT2D eigenvalue weighted by atomic mass is 16.4. The van der Waals surface area contributed by atoms with Crippen LogP contribution in [0.5, 0.6) is 0 Å². The lowest BCUT2D eigenvalue weighted by molar-refractivity contribution is -0.139. The molecule has 0 bridgehead atoms. The fourth-order valence-electron chi connectivity index (χ4n) is 2.01. The molecule has 0 aliphatic rings. The summed E-state index contributed by atoms with van der Waals surface area (Å²) >= 11 is 0. The zero-order valence-electron chi connectivity index (χ0n) is 11.1. The van der Waals surface area contributed by atoms with E-state index in [4.69, 9.17) is 0 Å². The summed E-state index contributed by atoms with van der Waals surface area (Å²) in [6.07, 6.45) is 2.49. The number of pyridine rings is 1. The Balaban J connectivity index is 2.26. The number of anilines is 1. The highest BCUT2D eigenvalue weighted by Gasteiger charge is 2.23. The van der Waals surface area contributed by atoms with Crippen LogP contribution in [0.1, 0.15) is 20.3 Å². The van der Waals surface area contributed by atoms with Crippen LogP contribution in [0.3, 0.4) is 0 Å². The topological polar surface area (TPSA) is 62.2 Å². The summed E-state index contributed by atoms with van der Waals surface area (Å²) in [5.74, 6) is -0.772. The molecule has 0 aliphatic carbocycles. The van der Waals surface area contributed by atoms with Gasteiger partial charge in [-0.2, -0.15) is 0 Å². The van der Waals surface area contributed by atoms with Gasteiger partial charge in [0.25, 0.3) is 0 Å². The Hall–Kier alpha value is -2.10. The first-order valence-electron chi connectivity index (χ1n) is 6.46. The molecule has 0 unspecified atom stereocenters. The third-order valence-corrected chi connectivity index (χ3v) is 3.39. The van der Waals surface area contributed by atoms with E-state index >= 15 is 0 Å². The van der Waals surface area contributed by atoms with Crippen molar-refractivity contribution in [2.75, 3.05) is 5.32 Å². The van der Waals surface area contributed by atoms with Gasteiger partial charge in [0.1, 0.15) is 6.04 Å². The van der Waals surface area contributed by atoms with Gasteiger partial charge in [0.05, 0.1) is 17.4 Å². The van der Waals surface area contributed by atoms with Crippen LogP contribution >= 0.6 is 0 Å². The van der Waals surface area contributed by atoms with Crippen LogP contribution in [0.4, 0.5) is 5.69 Å². The van der Waals surface area contributed by atoms with E-state index in [1.807, 2.05) is 44.2 Å². The number of hydrogen-bond acceptors (Lipinski definition) is 3. The van der Waals surface area contributed by atoms with Crippen LogP contribution in [0.15, 0.2) is 36.5 Å². The molecule has 0 aliphatic heterocycles. The number of carbonyl (C=O) groups is 1. The van der Waals surface area contributed by atoms with Gasteiger partial charge in [-0.25, -0.2) is 4.79 Å². The van der Waals surface area contributed by atoms with Crippen molar-refractivity contribution in [3.8, 4) is 0 Å². The van der Waals surface area contributed by atoms with Gasteiger partial charge in [0, 0.05) is 5.39 Å². The Labute approximate surface area is 112 Å². The average molecular weight is 258 g/mol. The van der Waals surface area contributed by atoms with Crippen LogP contribution in [0.25, 0.3) is 10.9 Å². The van der Waals surface area contributed by atoms with Gasteiger partial charge in [0.15, 0.2) is 0 Å². The molecular formula is C15H18N2O2. The van der Waals surface area contributed by atoms with E-state index in [1.165, 1.54) is 0 Å². The third-order valence-electron chi connectivity index (χ3n) is 3.39. The lowest BCUT2D eigenvalue weighted by Gasteiger charge is -2.21. The quantitative estimate of drug-likeness (QED) is 0.864. The predicted octanol–water partition coefficient (Wildman–Crippen LogP) is 3.15. The number of carboxylic acids is 1. The molecule has 0 amide bonds. The Bertz CT molecular complexity index is 583. The van der Waals surface area contributed by atoms with Crippen molar-refractivity contribution in [3.05, 3.63) is 36.5 Å². The molecule has 0 saturated carbocycles. The maximum Gasteiger partial charge on any atom is 0.326 e. The normalized spacial score (nSPS) is 14.0. The lowest BCUT2D eigenvalue weighted by Crippen LogP contribution is -2.35. The van der Waals surface area contributed by atoms with Gasteiger partial charge in [-0.15, -0.1) is 0 Å². The third kappa shape index (κ3) is 3.02. The van der Waals surface area contributed by atoms with Crippen LogP contribution in [0, 0.1) is 5.92 Å². The minimum atomic E-state index is -0.831. The molecule has 2 rings (SSSR count). The number of benzene rings is 1. The molecule has 0 radical (unpaired) electrons. The van der Waals surface area contributed by atoms with Crippen molar-refractivity contribution in [2.24, 2.45) is 5.92 Å². The van der Waals surface area contributed by atoms with Crippen LogP contribution < -0.4 is 5.32 Å². The first-order chi connectivity index (χ1) is 9.11. The molecule has 100 valence electrons. The molecule has 2 atom stereocenters. The highest BCUT2D eigenvalue weighted by molar-refractivity contribution is 5.83. The fraction of sp³-hybridized carbons (Fsp3) is 0.333. The molecule has 1 aromatic carbocycles. The number of fused-ring (bicyclic) bond motifs is 1. The Morgan fingerprint density at radius 3 is 2.84 bits per heavy atom. The lowest BCUT2D eigenvalue weighted by atomic mass is 9.99. The molecule has 0 fully saturated rings. The van der Waals surface area contributed by atoms with E-state index in [0.29, 0.717) is 0 Å². The number of hydrogen-bond donors (Lipinski definition) is 2. The first kappa shape index (κ1) is 13.3. The fourth-order valence-corrected chi connectivity index (χ4v) is 2.01. The molecule has 1 heterocycles. The Morgan fingerprint density at radius 2 is 2.16 bits per heavy atom. The number of para-hydroxylation sites is 1. The molecule has 0 spiro atoms. The standard InChI is InChI=1S/C15H18N2O2/c1-3-10(2)14(15(18)19)17-12-8-11-6-4-5-7-13(11)16-9-12/h4-10,14,17H,3H2,1-2H3,(H,18,19)/t10-,14-/m0/s1. The summed E-state index contributed by atoms with van der Waals surface area (Å²) in [6, 6.07) is 9.11. The van der Waals surface area contributed by atoms with E-state index in [0.717, 1.165) is 23.0 Å². The number of rotatable bonds is 5. The van der Waals surface area contributed by atoms with Gasteiger partial charge in [-0.05, 0) is 18.1 Å². The SMILES string of the molecule is CC[C@H](C)[C@H](Nc1cnc2ccccc2c1)C(=O)O. The second-order valence-electron chi connectivity index (χ2n) is 4.76. The maximum atomic E-state index is 11.3. The van der Waals surface area contributed by atoms with Gasteiger partial charge < -0.3 is 10.4 Å². The minimum Gasteiger partial charge on any atom is -0.480 e. The molecule has 19 heavy (non-hydrogen) atoms. The summed E-state index contributed by atoms with van der Waals surface area (Å²) in [5, 5.41) is 13.3. The molecule has 4 heteroatoms. The zero-order chi connectivity index (χ0) is 13.8. The Morgan fingerprint density at radius 1 is 1.42 bits per heavy atom. The highest BCUT2D eigenvalue weighted by Crippen LogP contribution is 2.19. The summed E-state index contributed by atoms with van der Waals surface area (Å²) in [7, 11) is 0. The molecule has 1 aromatic heterocycles. The van der Waals surface area contributed by atoms with Crippen LogP contribution in [-0.2, 0) is 4.79 Å². The summed E-state index contributed by atoms with van der Waals surface area (Å²) in [5.41, 5.74) is 1.65. The summed E-state index contributed by atoms with van der Waals surface area (Å²) < 4.78 is 0. The van der Waals surface area contributed by atoms with Gasteiger partial charge in [0.2, 0.25) is 0 Å².